The Morgan fingerprint density at radius 3 is 2.81 bits per heavy atom. The lowest BCUT2D eigenvalue weighted by atomic mass is 9.82. The number of benzene rings is 1. The van der Waals surface area contributed by atoms with Gasteiger partial charge in [0.05, 0.1) is 0 Å². The summed E-state index contributed by atoms with van der Waals surface area (Å²) in [6.45, 7) is 3.12. The van der Waals surface area contributed by atoms with Crippen LogP contribution in [0.5, 0.6) is 0 Å². The molecule has 1 nitrogen and oxygen atoms in total. The van der Waals surface area contributed by atoms with Crippen LogP contribution in [0, 0.1) is 23.6 Å². The first-order valence-electron chi connectivity index (χ1n) is 8.36. The zero-order valence-corrected chi connectivity index (χ0v) is 14.3. The van der Waals surface area contributed by atoms with Crippen LogP contribution in [0.25, 0.3) is 0 Å². The van der Waals surface area contributed by atoms with E-state index in [1.54, 1.807) is 12.1 Å². The Morgan fingerprint density at radius 2 is 2.19 bits per heavy atom. The molecule has 2 aliphatic rings. The van der Waals surface area contributed by atoms with Gasteiger partial charge >= 0.3 is 0 Å². The fourth-order valence-corrected chi connectivity index (χ4v) is 5.05. The van der Waals surface area contributed by atoms with Gasteiger partial charge in [0.1, 0.15) is 5.82 Å². The first kappa shape index (κ1) is 15.5. The van der Waals surface area contributed by atoms with Gasteiger partial charge in [0, 0.05) is 16.1 Å². The molecule has 0 heterocycles. The predicted octanol–water partition coefficient (Wildman–Crippen LogP) is 5.46. The maximum absolute atomic E-state index is 14.3. The molecule has 4 unspecified atom stereocenters. The quantitative estimate of drug-likeness (QED) is 0.716. The lowest BCUT2D eigenvalue weighted by Gasteiger charge is -2.28. The van der Waals surface area contributed by atoms with Crippen molar-refractivity contribution in [3.63, 3.8) is 0 Å². The monoisotopic (exact) mass is 353 g/mol. The van der Waals surface area contributed by atoms with E-state index in [1.165, 1.54) is 25.7 Å². The van der Waals surface area contributed by atoms with Gasteiger partial charge in [-0.05, 0) is 68.5 Å². The van der Waals surface area contributed by atoms with Gasteiger partial charge in [-0.1, -0.05) is 35.3 Å². The number of halogens is 2. The summed E-state index contributed by atoms with van der Waals surface area (Å²) in [4.78, 5) is 0. The molecular formula is C18H25BrFN. The van der Waals surface area contributed by atoms with Crippen molar-refractivity contribution in [3.05, 3.63) is 34.1 Å². The molecule has 0 radical (unpaired) electrons. The number of rotatable bonds is 6. The van der Waals surface area contributed by atoms with Crippen LogP contribution in [0.15, 0.2) is 22.7 Å². The van der Waals surface area contributed by atoms with E-state index in [9.17, 15) is 4.39 Å². The fraction of sp³-hybridized carbons (Fsp3) is 0.667. The molecule has 21 heavy (non-hydrogen) atoms. The van der Waals surface area contributed by atoms with Gasteiger partial charge in [-0.3, -0.25) is 0 Å². The zero-order valence-electron chi connectivity index (χ0n) is 12.7. The Kier molecular flexibility index (Phi) is 5.00. The molecule has 0 aliphatic heterocycles. The standard InChI is InChI=1S/C18H25BrFN/c1-2-8-21-17(18-15(19)4-3-5-16(18)20)11-14-10-12-6-7-13(14)9-12/h3-5,12-14,17,21H,2,6-11H2,1H3. The second kappa shape index (κ2) is 6.78. The Bertz CT molecular complexity index is 470. The van der Waals surface area contributed by atoms with Crippen molar-refractivity contribution in [2.45, 2.75) is 51.5 Å². The second-order valence-corrected chi connectivity index (χ2v) is 7.67. The largest absolute Gasteiger partial charge is 0.310 e. The van der Waals surface area contributed by atoms with Crippen LogP contribution in [0.3, 0.4) is 0 Å². The van der Waals surface area contributed by atoms with Crippen LogP contribution in [0.4, 0.5) is 4.39 Å². The number of nitrogens with one attached hydrogen (secondary N) is 1. The van der Waals surface area contributed by atoms with Gasteiger partial charge < -0.3 is 5.32 Å². The topological polar surface area (TPSA) is 12.0 Å². The average molecular weight is 354 g/mol. The van der Waals surface area contributed by atoms with Gasteiger partial charge in [0.25, 0.3) is 0 Å². The van der Waals surface area contributed by atoms with Crippen molar-refractivity contribution in [1.29, 1.82) is 0 Å². The third-order valence-electron chi connectivity index (χ3n) is 5.41. The summed E-state index contributed by atoms with van der Waals surface area (Å²) in [6.07, 6.45) is 7.77. The second-order valence-electron chi connectivity index (χ2n) is 6.81. The van der Waals surface area contributed by atoms with Gasteiger partial charge in [-0.2, -0.15) is 0 Å². The number of fused-ring (bicyclic) bond motifs is 2. The van der Waals surface area contributed by atoms with Crippen molar-refractivity contribution >= 4 is 15.9 Å². The highest BCUT2D eigenvalue weighted by Gasteiger charge is 2.40. The molecule has 3 rings (SSSR count). The van der Waals surface area contributed by atoms with E-state index >= 15 is 0 Å². The molecule has 0 aromatic heterocycles. The summed E-state index contributed by atoms with van der Waals surface area (Å²) in [5.74, 6) is 2.55. The molecule has 0 amide bonds. The van der Waals surface area contributed by atoms with Crippen LogP contribution in [0.1, 0.15) is 57.1 Å². The van der Waals surface area contributed by atoms with E-state index in [0.29, 0.717) is 0 Å². The van der Waals surface area contributed by atoms with Gasteiger partial charge in [-0.25, -0.2) is 4.39 Å². The lowest BCUT2D eigenvalue weighted by molar-refractivity contribution is 0.276. The SMILES string of the molecule is CCCNC(CC1CC2CCC1C2)c1c(F)cccc1Br. The first-order chi connectivity index (χ1) is 10.2. The highest BCUT2D eigenvalue weighted by Crippen LogP contribution is 2.51. The summed E-state index contributed by atoms with van der Waals surface area (Å²) in [5, 5.41) is 3.58. The zero-order chi connectivity index (χ0) is 14.8. The average Bonchev–Trinajstić information content (AvgIpc) is 3.06. The minimum Gasteiger partial charge on any atom is -0.310 e. The van der Waals surface area contributed by atoms with Gasteiger partial charge in [0.15, 0.2) is 0 Å². The molecule has 0 saturated heterocycles. The molecule has 1 aromatic carbocycles. The normalized spacial score (nSPS) is 29.0. The van der Waals surface area contributed by atoms with Crippen LogP contribution in [-0.2, 0) is 0 Å². The molecule has 2 aliphatic carbocycles. The Morgan fingerprint density at radius 1 is 1.33 bits per heavy atom. The van der Waals surface area contributed by atoms with Gasteiger partial charge in [-0.15, -0.1) is 0 Å². The van der Waals surface area contributed by atoms with Crippen molar-refractivity contribution in [3.8, 4) is 0 Å². The maximum atomic E-state index is 14.3. The molecule has 3 heteroatoms. The van der Waals surface area contributed by atoms with Gasteiger partial charge in [0.2, 0.25) is 0 Å². The Labute approximate surface area is 135 Å². The summed E-state index contributed by atoms with van der Waals surface area (Å²) < 4.78 is 15.2. The molecule has 0 spiro atoms. The van der Waals surface area contributed by atoms with E-state index in [1.807, 2.05) is 6.07 Å². The lowest BCUT2D eigenvalue weighted by Crippen LogP contribution is -2.27. The molecule has 4 atom stereocenters. The number of hydrogen-bond acceptors (Lipinski definition) is 1. The molecule has 2 bridgehead atoms. The highest BCUT2D eigenvalue weighted by molar-refractivity contribution is 9.10. The minimum absolute atomic E-state index is 0.0823. The van der Waals surface area contributed by atoms with E-state index in [0.717, 1.165) is 47.2 Å². The molecule has 1 N–H and O–H groups in total. The summed E-state index contributed by atoms with van der Waals surface area (Å²) in [7, 11) is 0. The Balaban J connectivity index is 1.77. The summed E-state index contributed by atoms with van der Waals surface area (Å²) >= 11 is 3.55. The minimum atomic E-state index is -0.0823. The molecule has 116 valence electrons. The van der Waals surface area contributed by atoms with Crippen LogP contribution >= 0.6 is 15.9 Å². The maximum Gasteiger partial charge on any atom is 0.129 e. The predicted molar refractivity (Wildman–Crippen MR) is 88.7 cm³/mol. The first-order valence-corrected chi connectivity index (χ1v) is 9.15. The molecule has 1 aromatic rings. The van der Waals surface area contributed by atoms with Crippen LogP contribution < -0.4 is 5.32 Å². The van der Waals surface area contributed by atoms with Crippen molar-refractivity contribution < 1.29 is 4.39 Å². The van der Waals surface area contributed by atoms with Crippen molar-refractivity contribution in [2.24, 2.45) is 17.8 Å². The van der Waals surface area contributed by atoms with E-state index in [-0.39, 0.29) is 11.9 Å². The van der Waals surface area contributed by atoms with Crippen LogP contribution in [0.2, 0.25) is 0 Å². The van der Waals surface area contributed by atoms with Crippen molar-refractivity contribution in [1.82, 2.24) is 5.32 Å². The molecular weight excluding hydrogens is 329 g/mol. The fourth-order valence-electron chi connectivity index (χ4n) is 4.43. The smallest absolute Gasteiger partial charge is 0.129 e. The van der Waals surface area contributed by atoms with E-state index < -0.39 is 0 Å². The van der Waals surface area contributed by atoms with Crippen LogP contribution in [-0.4, -0.2) is 6.54 Å². The van der Waals surface area contributed by atoms with E-state index in [4.69, 9.17) is 0 Å². The summed E-state index contributed by atoms with van der Waals surface area (Å²) in [5.41, 5.74) is 0.828. The summed E-state index contributed by atoms with van der Waals surface area (Å²) in [6, 6.07) is 5.46. The highest BCUT2D eigenvalue weighted by atomic mass is 79.9. The third-order valence-corrected chi connectivity index (χ3v) is 6.10. The Hall–Kier alpha value is -0.410. The van der Waals surface area contributed by atoms with Crippen molar-refractivity contribution in [2.75, 3.05) is 6.54 Å². The molecule has 2 fully saturated rings. The third kappa shape index (κ3) is 3.34. The number of hydrogen-bond donors (Lipinski definition) is 1. The van der Waals surface area contributed by atoms with E-state index in [2.05, 4.69) is 28.2 Å². The molecule has 2 saturated carbocycles.